The molecule has 0 aliphatic heterocycles. The van der Waals surface area contributed by atoms with Crippen LogP contribution in [0.25, 0.3) is 0 Å². The molecule has 0 N–H and O–H groups in total. The highest BCUT2D eigenvalue weighted by atomic mass is 35.5. The van der Waals surface area contributed by atoms with E-state index in [1.54, 1.807) is 24.3 Å². The molecule has 0 bridgehead atoms. The third-order valence-corrected chi connectivity index (χ3v) is 5.40. The molecule has 10 nitrogen and oxygen atoms in total. The molecule has 40 heavy (non-hydrogen) atoms. The van der Waals surface area contributed by atoms with Crippen molar-refractivity contribution in [3.05, 3.63) is 95.5 Å². The van der Waals surface area contributed by atoms with Gasteiger partial charge in [0, 0.05) is 12.1 Å². The summed E-state index contributed by atoms with van der Waals surface area (Å²) in [4.78, 5) is 47.6. The Labute approximate surface area is 235 Å². The number of hydrogen-bond donors (Lipinski definition) is 0. The summed E-state index contributed by atoms with van der Waals surface area (Å²) in [5.41, 5.74) is 0.484. The Morgan fingerprint density at radius 1 is 0.725 bits per heavy atom. The number of ether oxygens (including phenoxy) is 6. The van der Waals surface area contributed by atoms with Gasteiger partial charge in [0.1, 0.15) is 23.0 Å². The lowest BCUT2D eigenvalue weighted by atomic mass is 10.2. The molecule has 0 aliphatic carbocycles. The molecule has 0 saturated heterocycles. The number of unbranched alkanes of at least 4 members (excludes halogenated alkanes) is 1. The fraction of sp³-hybridized carbons (Fsp3) is 0.172. The zero-order valence-electron chi connectivity index (χ0n) is 21.4. The minimum Gasteiger partial charge on any atom is -0.497 e. The molecule has 0 aromatic heterocycles. The van der Waals surface area contributed by atoms with Gasteiger partial charge in [0.25, 0.3) is 0 Å². The predicted octanol–water partition coefficient (Wildman–Crippen LogP) is 5.81. The lowest BCUT2D eigenvalue weighted by molar-refractivity contribution is -0.137. The molecule has 3 aromatic carbocycles. The minimum atomic E-state index is -0.916. The predicted molar refractivity (Wildman–Crippen MR) is 143 cm³/mol. The summed E-state index contributed by atoms with van der Waals surface area (Å²) in [6.45, 7) is 3.56. The van der Waals surface area contributed by atoms with Crippen molar-refractivity contribution in [2.45, 2.75) is 12.8 Å². The van der Waals surface area contributed by atoms with Gasteiger partial charge < -0.3 is 28.4 Å². The van der Waals surface area contributed by atoms with Gasteiger partial charge in [0.15, 0.2) is 0 Å². The van der Waals surface area contributed by atoms with Crippen LogP contribution >= 0.6 is 11.6 Å². The van der Waals surface area contributed by atoms with Gasteiger partial charge in [0.2, 0.25) is 0 Å². The van der Waals surface area contributed by atoms with Gasteiger partial charge in [-0.15, -0.1) is 0 Å². The van der Waals surface area contributed by atoms with E-state index in [1.165, 1.54) is 49.6 Å². The zero-order valence-corrected chi connectivity index (χ0v) is 22.2. The second kappa shape index (κ2) is 14.9. The Balaban J connectivity index is 1.46. The molecule has 0 atom stereocenters. The van der Waals surface area contributed by atoms with Gasteiger partial charge in [0.05, 0.1) is 36.5 Å². The topological polar surface area (TPSA) is 124 Å². The van der Waals surface area contributed by atoms with Crippen molar-refractivity contribution in [1.82, 2.24) is 0 Å². The summed E-state index contributed by atoms with van der Waals surface area (Å²) in [7, 11) is 1.52. The number of halogens is 1. The molecule has 3 rings (SSSR count). The maximum absolute atomic E-state index is 12.5. The average molecular weight is 569 g/mol. The second-order valence-corrected chi connectivity index (χ2v) is 8.31. The van der Waals surface area contributed by atoms with Crippen molar-refractivity contribution in [2.75, 3.05) is 20.3 Å². The Morgan fingerprint density at radius 3 is 1.85 bits per heavy atom. The Morgan fingerprint density at radius 2 is 1.27 bits per heavy atom. The molecule has 0 heterocycles. The largest absolute Gasteiger partial charge is 0.513 e. The van der Waals surface area contributed by atoms with Crippen molar-refractivity contribution in [3.63, 3.8) is 0 Å². The first kappa shape index (κ1) is 29.7. The number of hydrogen-bond acceptors (Lipinski definition) is 10. The van der Waals surface area contributed by atoms with E-state index in [1.807, 2.05) is 0 Å². The van der Waals surface area contributed by atoms with Crippen LogP contribution in [0.1, 0.15) is 33.6 Å². The van der Waals surface area contributed by atoms with E-state index in [2.05, 4.69) is 6.58 Å². The lowest BCUT2D eigenvalue weighted by Crippen LogP contribution is -2.13. The van der Waals surface area contributed by atoms with Crippen LogP contribution in [-0.4, -0.2) is 44.4 Å². The Kier molecular flexibility index (Phi) is 11.1. The summed E-state index contributed by atoms with van der Waals surface area (Å²) < 4.78 is 30.5. The van der Waals surface area contributed by atoms with Crippen molar-refractivity contribution in [3.8, 4) is 23.0 Å². The van der Waals surface area contributed by atoms with Gasteiger partial charge in [-0.05, 0) is 73.5 Å². The number of methoxy groups -OCH3 is 1. The van der Waals surface area contributed by atoms with E-state index in [0.717, 1.165) is 6.08 Å². The van der Waals surface area contributed by atoms with Gasteiger partial charge in [-0.3, -0.25) is 0 Å². The third kappa shape index (κ3) is 9.17. The molecule has 11 heteroatoms. The summed E-state index contributed by atoms with van der Waals surface area (Å²) in [5.74, 6) is -0.850. The normalized spacial score (nSPS) is 10.2. The van der Waals surface area contributed by atoms with Crippen molar-refractivity contribution in [2.24, 2.45) is 0 Å². The first-order valence-electron chi connectivity index (χ1n) is 11.9. The standard InChI is InChI=1S/C29H25ClO10/c1-3-26(31)36-16-4-5-17-37-29(34)39-22-12-8-19(9-13-22)27(32)38-23-14-15-25(24(30)18-23)40-28(33)20-6-10-21(35-2)11-7-20/h3,6-15,18H,1,4-5,16-17H2,2H3. The SMILES string of the molecule is C=CC(=O)OCCCCOC(=O)Oc1ccc(C(=O)Oc2ccc(OC(=O)c3ccc(OC)cc3)c(Cl)c2)cc1. The minimum absolute atomic E-state index is 0.0622. The van der Waals surface area contributed by atoms with Crippen LogP contribution in [0.2, 0.25) is 5.02 Å². The van der Waals surface area contributed by atoms with Crippen LogP contribution in [-0.2, 0) is 14.3 Å². The van der Waals surface area contributed by atoms with Crippen LogP contribution < -0.4 is 18.9 Å². The first-order chi connectivity index (χ1) is 19.3. The van der Waals surface area contributed by atoms with E-state index in [-0.39, 0.29) is 41.0 Å². The van der Waals surface area contributed by atoms with E-state index < -0.39 is 24.1 Å². The number of carbonyl (C=O) groups excluding carboxylic acids is 4. The van der Waals surface area contributed by atoms with E-state index in [9.17, 15) is 19.2 Å². The average Bonchev–Trinajstić information content (AvgIpc) is 2.96. The summed E-state index contributed by atoms with van der Waals surface area (Å²) in [5, 5.41) is 0.0622. The van der Waals surface area contributed by atoms with Crippen LogP contribution in [0.4, 0.5) is 4.79 Å². The fourth-order valence-corrected chi connectivity index (χ4v) is 3.26. The maximum atomic E-state index is 12.5. The van der Waals surface area contributed by atoms with E-state index in [4.69, 9.17) is 40.0 Å². The molecular weight excluding hydrogens is 544 g/mol. The summed E-state index contributed by atoms with van der Waals surface area (Å²) in [6, 6.07) is 16.2. The number of esters is 3. The van der Waals surface area contributed by atoms with Crippen LogP contribution in [0.3, 0.4) is 0 Å². The second-order valence-electron chi connectivity index (χ2n) is 7.90. The molecule has 0 radical (unpaired) electrons. The van der Waals surface area contributed by atoms with Gasteiger partial charge in [-0.2, -0.15) is 0 Å². The number of carbonyl (C=O) groups is 4. The first-order valence-corrected chi connectivity index (χ1v) is 12.3. The number of benzene rings is 3. The van der Waals surface area contributed by atoms with E-state index >= 15 is 0 Å². The zero-order chi connectivity index (χ0) is 28.9. The Bertz CT molecular complexity index is 1350. The smallest absolute Gasteiger partial charge is 0.497 e. The molecule has 0 fully saturated rings. The summed E-state index contributed by atoms with van der Waals surface area (Å²) >= 11 is 6.21. The molecule has 0 spiro atoms. The highest BCUT2D eigenvalue weighted by molar-refractivity contribution is 6.32. The van der Waals surface area contributed by atoms with Crippen LogP contribution in [0, 0.1) is 0 Å². The van der Waals surface area contributed by atoms with Gasteiger partial charge in [-0.1, -0.05) is 18.2 Å². The highest BCUT2D eigenvalue weighted by Gasteiger charge is 2.15. The summed E-state index contributed by atoms with van der Waals surface area (Å²) in [6.07, 6.45) is 1.13. The molecule has 208 valence electrons. The molecule has 0 aliphatic rings. The fourth-order valence-electron chi connectivity index (χ4n) is 3.06. The van der Waals surface area contributed by atoms with Crippen molar-refractivity contribution in [1.29, 1.82) is 0 Å². The van der Waals surface area contributed by atoms with E-state index in [0.29, 0.717) is 24.2 Å². The van der Waals surface area contributed by atoms with Gasteiger partial charge in [-0.25, -0.2) is 19.2 Å². The quantitative estimate of drug-likeness (QED) is 0.0868. The maximum Gasteiger partial charge on any atom is 0.513 e. The Hall–Kier alpha value is -4.83. The molecule has 0 saturated carbocycles. The van der Waals surface area contributed by atoms with Gasteiger partial charge >= 0.3 is 24.1 Å². The number of rotatable bonds is 12. The molecular formula is C29H25ClO10. The molecule has 0 unspecified atom stereocenters. The monoisotopic (exact) mass is 568 g/mol. The van der Waals surface area contributed by atoms with Crippen LogP contribution in [0.5, 0.6) is 23.0 Å². The molecule has 3 aromatic rings. The van der Waals surface area contributed by atoms with Crippen molar-refractivity contribution >= 4 is 35.7 Å². The molecule has 0 amide bonds. The van der Waals surface area contributed by atoms with Crippen molar-refractivity contribution < 1.29 is 47.6 Å². The lowest BCUT2D eigenvalue weighted by Gasteiger charge is -2.10. The highest BCUT2D eigenvalue weighted by Crippen LogP contribution is 2.30. The van der Waals surface area contributed by atoms with Crippen LogP contribution in [0.15, 0.2) is 79.4 Å². The third-order valence-electron chi connectivity index (χ3n) is 5.10.